The van der Waals surface area contributed by atoms with Gasteiger partial charge in [-0.15, -0.1) is 0 Å². The number of hydrogen-bond donors (Lipinski definition) is 1. The fraction of sp³-hybridized carbons (Fsp3) is 0.708. The lowest BCUT2D eigenvalue weighted by Gasteiger charge is -2.36. The van der Waals surface area contributed by atoms with E-state index in [1.54, 1.807) is 7.11 Å². The van der Waals surface area contributed by atoms with Crippen molar-refractivity contribution in [2.45, 2.75) is 19.8 Å². The molecule has 3 rings (SSSR count). The van der Waals surface area contributed by atoms with Crippen LogP contribution in [0.3, 0.4) is 0 Å². The molecular formula is C24H41N5O2. The average molecular weight is 432 g/mol. The van der Waals surface area contributed by atoms with Crippen molar-refractivity contribution in [1.29, 1.82) is 0 Å². The van der Waals surface area contributed by atoms with Gasteiger partial charge in [-0.2, -0.15) is 0 Å². The molecule has 1 aromatic carbocycles. The highest BCUT2D eigenvalue weighted by atomic mass is 16.5. The summed E-state index contributed by atoms with van der Waals surface area (Å²) in [5.74, 6) is 1.61. The van der Waals surface area contributed by atoms with Crippen LogP contribution in [0, 0.1) is 12.8 Å². The number of hydrogen-bond acceptors (Lipinski definition) is 5. The van der Waals surface area contributed by atoms with E-state index in [2.05, 4.69) is 56.2 Å². The summed E-state index contributed by atoms with van der Waals surface area (Å²) in [5, 5.41) is 3.57. The number of methoxy groups -OCH3 is 1. The lowest BCUT2D eigenvalue weighted by Crippen LogP contribution is -2.47. The van der Waals surface area contributed by atoms with E-state index in [9.17, 15) is 0 Å². The molecule has 2 aliphatic rings. The molecule has 0 saturated carbocycles. The van der Waals surface area contributed by atoms with E-state index in [0.717, 1.165) is 71.3 Å². The summed E-state index contributed by atoms with van der Waals surface area (Å²) < 4.78 is 10.7. The summed E-state index contributed by atoms with van der Waals surface area (Å²) in [6.45, 7) is 13.0. The number of benzene rings is 1. The van der Waals surface area contributed by atoms with Gasteiger partial charge in [0.1, 0.15) is 0 Å². The Labute approximate surface area is 188 Å². The Morgan fingerprint density at radius 1 is 1.16 bits per heavy atom. The van der Waals surface area contributed by atoms with E-state index in [1.165, 1.54) is 17.7 Å². The van der Waals surface area contributed by atoms with Crippen LogP contribution in [0.4, 0.5) is 5.69 Å². The van der Waals surface area contributed by atoms with Gasteiger partial charge >= 0.3 is 0 Å². The Bertz CT molecular complexity index is 676. The van der Waals surface area contributed by atoms with Crippen molar-refractivity contribution >= 4 is 11.6 Å². The van der Waals surface area contributed by atoms with E-state index >= 15 is 0 Å². The van der Waals surface area contributed by atoms with Crippen molar-refractivity contribution in [3.8, 4) is 0 Å². The lowest BCUT2D eigenvalue weighted by molar-refractivity contribution is 0.0536. The van der Waals surface area contributed by atoms with Gasteiger partial charge in [0.25, 0.3) is 0 Å². The van der Waals surface area contributed by atoms with Gasteiger partial charge in [-0.1, -0.05) is 12.1 Å². The van der Waals surface area contributed by atoms with E-state index < -0.39 is 0 Å². The molecule has 0 radical (unpaired) electrons. The topological polar surface area (TPSA) is 52.6 Å². The van der Waals surface area contributed by atoms with Crippen LogP contribution in [0.1, 0.15) is 18.4 Å². The van der Waals surface area contributed by atoms with Crippen LogP contribution >= 0.6 is 0 Å². The molecule has 0 amide bonds. The minimum Gasteiger partial charge on any atom is -0.382 e. The summed E-state index contributed by atoms with van der Waals surface area (Å²) in [4.78, 5) is 12.0. The third kappa shape index (κ3) is 7.66. The SMILES string of the molecule is CN=C(NCCCN1CCN(c2cccc(C)c2)CC1)N1CCC(COCCOC)C1. The molecular weight excluding hydrogens is 390 g/mol. The molecule has 2 heterocycles. The van der Waals surface area contributed by atoms with Crippen molar-refractivity contribution in [2.24, 2.45) is 10.9 Å². The van der Waals surface area contributed by atoms with Crippen LogP contribution in [0.25, 0.3) is 0 Å². The molecule has 7 nitrogen and oxygen atoms in total. The smallest absolute Gasteiger partial charge is 0.193 e. The van der Waals surface area contributed by atoms with Crippen molar-refractivity contribution in [3.63, 3.8) is 0 Å². The summed E-state index contributed by atoms with van der Waals surface area (Å²) in [5.41, 5.74) is 2.69. The molecule has 0 aliphatic carbocycles. The molecule has 1 N–H and O–H groups in total. The van der Waals surface area contributed by atoms with Gasteiger partial charge in [-0.25, -0.2) is 0 Å². The van der Waals surface area contributed by atoms with E-state index in [0.29, 0.717) is 19.1 Å². The maximum atomic E-state index is 5.71. The van der Waals surface area contributed by atoms with Crippen LogP contribution in [-0.2, 0) is 9.47 Å². The first-order chi connectivity index (χ1) is 15.2. The Balaban J connectivity index is 1.29. The second-order valence-corrected chi connectivity index (χ2v) is 8.66. The number of anilines is 1. The Morgan fingerprint density at radius 3 is 2.74 bits per heavy atom. The molecule has 174 valence electrons. The number of rotatable bonds is 10. The predicted molar refractivity (Wildman–Crippen MR) is 128 cm³/mol. The number of aryl methyl sites for hydroxylation is 1. The molecule has 1 aromatic rings. The second-order valence-electron chi connectivity index (χ2n) is 8.66. The highest BCUT2D eigenvalue weighted by molar-refractivity contribution is 5.80. The molecule has 2 saturated heterocycles. The average Bonchev–Trinajstić information content (AvgIpc) is 3.26. The zero-order valence-electron chi connectivity index (χ0n) is 19.7. The second kappa shape index (κ2) is 12.9. The molecule has 2 aliphatic heterocycles. The summed E-state index contributed by atoms with van der Waals surface area (Å²) in [7, 11) is 3.59. The maximum Gasteiger partial charge on any atom is 0.193 e. The molecule has 1 unspecified atom stereocenters. The molecule has 0 aromatic heterocycles. The van der Waals surface area contributed by atoms with Gasteiger partial charge in [0.15, 0.2) is 5.96 Å². The number of guanidine groups is 1. The van der Waals surface area contributed by atoms with Crippen LogP contribution in [0.15, 0.2) is 29.3 Å². The molecule has 31 heavy (non-hydrogen) atoms. The van der Waals surface area contributed by atoms with Gasteiger partial charge in [-0.3, -0.25) is 9.89 Å². The van der Waals surface area contributed by atoms with E-state index in [-0.39, 0.29) is 0 Å². The van der Waals surface area contributed by atoms with Gasteiger partial charge in [0, 0.05) is 71.6 Å². The number of likely N-dealkylation sites (tertiary alicyclic amines) is 1. The first kappa shape index (κ1) is 23.8. The summed E-state index contributed by atoms with van der Waals surface area (Å²) in [6.07, 6.45) is 2.31. The fourth-order valence-electron chi connectivity index (χ4n) is 4.44. The highest BCUT2D eigenvalue weighted by Gasteiger charge is 2.25. The largest absolute Gasteiger partial charge is 0.382 e. The van der Waals surface area contributed by atoms with Gasteiger partial charge in [0.05, 0.1) is 19.8 Å². The third-order valence-electron chi connectivity index (χ3n) is 6.26. The number of piperazine rings is 1. The Kier molecular flexibility index (Phi) is 9.90. The lowest BCUT2D eigenvalue weighted by atomic mass is 10.1. The van der Waals surface area contributed by atoms with Gasteiger partial charge in [-0.05, 0) is 44.0 Å². The number of nitrogens with one attached hydrogen (secondary N) is 1. The minimum atomic E-state index is 0.583. The van der Waals surface area contributed by atoms with Gasteiger partial charge in [0.2, 0.25) is 0 Å². The standard InChI is InChI=1S/C24H41N5O2/c1-21-6-4-7-23(18-21)28-14-12-27(13-15-28)10-5-9-26-24(25-2)29-11-8-22(19-29)20-31-17-16-30-3/h4,6-7,18,22H,5,8-17,19-20H2,1-3H3,(H,25,26). The first-order valence-corrected chi connectivity index (χ1v) is 11.8. The van der Waals surface area contributed by atoms with Crippen molar-refractivity contribution in [3.05, 3.63) is 29.8 Å². The predicted octanol–water partition coefficient (Wildman–Crippen LogP) is 2.07. The summed E-state index contributed by atoms with van der Waals surface area (Å²) >= 11 is 0. The Morgan fingerprint density at radius 2 is 2.00 bits per heavy atom. The fourth-order valence-corrected chi connectivity index (χ4v) is 4.44. The first-order valence-electron chi connectivity index (χ1n) is 11.8. The van der Waals surface area contributed by atoms with Crippen LogP contribution < -0.4 is 10.2 Å². The van der Waals surface area contributed by atoms with E-state index in [1.807, 2.05) is 7.05 Å². The zero-order chi connectivity index (χ0) is 21.9. The Hall–Kier alpha value is -1.83. The number of nitrogens with zero attached hydrogens (tertiary/aromatic N) is 4. The number of aliphatic imine (C=N–C) groups is 1. The van der Waals surface area contributed by atoms with Crippen LogP contribution in [0.2, 0.25) is 0 Å². The third-order valence-corrected chi connectivity index (χ3v) is 6.26. The van der Waals surface area contributed by atoms with Crippen molar-refractivity contribution in [2.75, 3.05) is 91.2 Å². The molecule has 0 bridgehead atoms. The van der Waals surface area contributed by atoms with Gasteiger partial charge < -0.3 is 24.6 Å². The molecule has 0 spiro atoms. The van der Waals surface area contributed by atoms with Crippen LogP contribution in [0.5, 0.6) is 0 Å². The maximum absolute atomic E-state index is 5.71. The quantitative estimate of drug-likeness (QED) is 0.348. The summed E-state index contributed by atoms with van der Waals surface area (Å²) in [6, 6.07) is 8.85. The molecule has 1 atom stereocenters. The van der Waals surface area contributed by atoms with Crippen LogP contribution in [-0.4, -0.2) is 102 Å². The molecule has 7 heteroatoms. The zero-order valence-corrected chi connectivity index (χ0v) is 19.7. The monoisotopic (exact) mass is 431 g/mol. The highest BCUT2D eigenvalue weighted by Crippen LogP contribution is 2.18. The van der Waals surface area contributed by atoms with Crippen molar-refractivity contribution < 1.29 is 9.47 Å². The minimum absolute atomic E-state index is 0.583. The molecule has 2 fully saturated rings. The van der Waals surface area contributed by atoms with E-state index in [4.69, 9.17) is 9.47 Å². The normalized spacial score (nSPS) is 20.5. The van der Waals surface area contributed by atoms with Crippen molar-refractivity contribution in [1.82, 2.24) is 15.1 Å². The number of ether oxygens (including phenoxy) is 2.